The van der Waals surface area contributed by atoms with Crippen molar-refractivity contribution >= 4 is 41.5 Å². The number of nitrogens with zero attached hydrogens (tertiary/aromatic N) is 3. The van der Waals surface area contributed by atoms with Crippen molar-refractivity contribution < 1.29 is 14.2 Å². The lowest BCUT2D eigenvalue weighted by molar-refractivity contribution is 0.0529. The molecule has 2 aliphatic rings. The zero-order valence-corrected chi connectivity index (χ0v) is 22.0. The second-order valence-corrected chi connectivity index (χ2v) is 8.68. The van der Waals surface area contributed by atoms with Crippen molar-refractivity contribution in [2.24, 2.45) is 12.0 Å². The molecule has 176 valence electrons. The fraction of sp³-hybridized carbons (Fsp3) is 0.522. The van der Waals surface area contributed by atoms with E-state index in [9.17, 15) is 0 Å². The van der Waals surface area contributed by atoms with Crippen LogP contribution in [0.2, 0.25) is 5.02 Å². The van der Waals surface area contributed by atoms with Gasteiger partial charge in [0.2, 0.25) is 6.79 Å². The molecule has 0 bridgehead atoms. The topological polar surface area (TPSA) is 60.3 Å². The summed E-state index contributed by atoms with van der Waals surface area (Å²) in [5.41, 5.74) is 2.28. The van der Waals surface area contributed by atoms with Gasteiger partial charge in [-0.1, -0.05) is 17.7 Å². The molecule has 32 heavy (non-hydrogen) atoms. The first kappa shape index (κ1) is 25.0. The lowest BCUT2D eigenvalue weighted by atomic mass is 9.74. The normalized spacial score (nSPS) is 17.1. The maximum Gasteiger partial charge on any atom is 0.231 e. The molecule has 0 atom stereocenters. The predicted molar refractivity (Wildman–Crippen MR) is 138 cm³/mol. The fourth-order valence-corrected chi connectivity index (χ4v) is 4.54. The summed E-state index contributed by atoms with van der Waals surface area (Å²) in [5, 5.41) is 4.18. The van der Waals surface area contributed by atoms with Crippen LogP contribution in [0.15, 0.2) is 35.5 Å². The third kappa shape index (κ3) is 5.46. The van der Waals surface area contributed by atoms with Gasteiger partial charge in [0, 0.05) is 51.2 Å². The van der Waals surface area contributed by atoms with Crippen molar-refractivity contribution in [2.45, 2.75) is 31.7 Å². The van der Waals surface area contributed by atoms with Crippen molar-refractivity contribution in [1.82, 2.24) is 14.8 Å². The van der Waals surface area contributed by atoms with Crippen molar-refractivity contribution in [2.75, 3.05) is 40.1 Å². The minimum absolute atomic E-state index is 0. The number of aryl methyl sites for hydroxylation is 1. The SMILES string of the molecule is CCNC(=NCC1(c2ccc3c(c2)OCO3)CCOCC1)N(C)Cc1cc(Cl)cn1C.I. The van der Waals surface area contributed by atoms with Crippen LogP contribution in [-0.4, -0.2) is 55.6 Å². The quantitative estimate of drug-likeness (QED) is 0.319. The molecule has 1 aromatic heterocycles. The van der Waals surface area contributed by atoms with Crippen molar-refractivity contribution in [3.05, 3.63) is 46.7 Å². The molecule has 0 spiro atoms. The van der Waals surface area contributed by atoms with Gasteiger partial charge in [-0.25, -0.2) is 0 Å². The Morgan fingerprint density at radius 2 is 1.97 bits per heavy atom. The monoisotopic (exact) mass is 574 g/mol. The van der Waals surface area contributed by atoms with Crippen LogP contribution in [0.3, 0.4) is 0 Å². The molecule has 7 nitrogen and oxygen atoms in total. The minimum atomic E-state index is -0.0883. The van der Waals surface area contributed by atoms with E-state index >= 15 is 0 Å². The van der Waals surface area contributed by atoms with Crippen LogP contribution in [0.1, 0.15) is 31.0 Å². The Hall–Kier alpha value is -1.65. The Morgan fingerprint density at radius 1 is 1.22 bits per heavy atom. The lowest BCUT2D eigenvalue weighted by Gasteiger charge is -2.37. The second-order valence-electron chi connectivity index (χ2n) is 8.25. The number of ether oxygens (including phenoxy) is 3. The highest BCUT2D eigenvalue weighted by molar-refractivity contribution is 14.0. The van der Waals surface area contributed by atoms with Gasteiger partial charge in [-0.2, -0.15) is 0 Å². The van der Waals surface area contributed by atoms with Crippen LogP contribution < -0.4 is 14.8 Å². The van der Waals surface area contributed by atoms with Crippen LogP contribution in [0.25, 0.3) is 0 Å². The molecule has 4 rings (SSSR count). The number of nitrogens with one attached hydrogen (secondary N) is 1. The summed E-state index contributed by atoms with van der Waals surface area (Å²) >= 11 is 6.16. The van der Waals surface area contributed by atoms with Crippen LogP contribution >= 0.6 is 35.6 Å². The number of aliphatic imine (C=N–C) groups is 1. The maximum atomic E-state index is 6.16. The predicted octanol–water partition coefficient (Wildman–Crippen LogP) is 4.17. The number of rotatable bonds is 6. The molecule has 0 radical (unpaired) electrons. The van der Waals surface area contributed by atoms with Gasteiger partial charge in [-0.05, 0) is 43.5 Å². The van der Waals surface area contributed by atoms with E-state index in [0.29, 0.717) is 6.54 Å². The van der Waals surface area contributed by atoms with E-state index in [1.165, 1.54) is 5.56 Å². The highest BCUT2D eigenvalue weighted by Crippen LogP contribution is 2.41. The largest absolute Gasteiger partial charge is 0.454 e. The Morgan fingerprint density at radius 3 is 2.66 bits per heavy atom. The van der Waals surface area contributed by atoms with Crippen molar-refractivity contribution in [1.29, 1.82) is 0 Å². The van der Waals surface area contributed by atoms with Gasteiger partial charge in [0.05, 0.1) is 18.1 Å². The molecule has 0 aliphatic carbocycles. The molecule has 9 heteroatoms. The molecule has 0 unspecified atom stereocenters. The maximum absolute atomic E-state index is 6.16. The van der Waals surface area contributed by atoms with Crippen LogP contribution in [0.5, 0.6) is 11.5 Å². The first-order valence-corrected chi connectivity index (χ1v) is 11.2. The van der Waals surface area contributed by atoms with Gasteiger partial charge < -0.3 is 29.0 Å². The van der Waals surface area contributed by atoms with E-state index < -0.39 is 0 Å². The molecule has 1 saturated heterocycles. The molecule has 0 amide bonds. The summed E-state index contributed by atoms with van der Waals surface area (Å²) in [6, 6.07) is 8.27. The number of hydrogen-bond donors (Lipinski definition) is 1. The molecule has 1 aromatic carbocycles. The molecular formula is C23H32ClIN4O3. The first-order valence-electron chi connectivity index (χ1n) is 10.8. The third-order valence-electron chi connectivity index (χ3n) is 6.14. The molecular weight excluding hydrogens is 543 g/mol. The van der Waals surface area contributed by atoms with E-state index in [1.54, 1.807) is 0 Å². The minimum Gasteiger partial charge on any atom is -0.454 e. The average Bonchev–Trinajstić information content (AvgIpc) is 3.36. The molecule has 2 aromatic rings. The number of hydrogen-bond acceptors (Lipinski definition) is 4. The van der Waals surface area contributed by atoms with E-state index in [4.69, 9.17) is 30.8 Å². The number of benzene rings is 1. The molecule has 2 aliphatic heterocycles. The van der Waals surface area contributed by atoms with Crippen molar-refractivity contribution in [3.8, 4) is 11.5 Å². The summed E-state index contributed by atoms with van der Waals surface area (Å²) in [6.07, 6.45) is 3.77. The Balaban J connectivity index is 0.00000289. The highest BCUT2D eigenvalue weighted by Gasteiger charge is 2.36. The Kier molecular flexibility index (Phi) is 8.57. The number of aromatic nitrogens is 1. The van der Waals surface area contributed by atoms with Gasteiger partial charge in [0.1, 0.15) is 0 Å². The molecule has 1 N–H and O–H groups in total. The third-order valence-corrected chi connectivity index (χ3v) is 6.34. The second kappa shape index (κ2) is 11.0. The van der Waals surface area contributed by atoms with E-state index in [2.05, 4.69) is 40.9 Å². The number of guanidine groups is 1. The Bertz CT molecular complexity index is 943. The smallest absolute Gasteiger partial charge is 0.231 e. The van der Waals surface area contributed by atoms with Gasteiger partial charge >= 0.3 is 0 Å². The zero-order chi connectivity index (χ0) is 21.8. The lowest BCUT2D eigenvalue weighted by Crippen LogP contribution is -2.42. The first-order chi connectivity index (χ1) is 15.0. The molecule has 0 saturated carbocycles. The average molecular weight is 575 g/mol. The summed E-state index contributed by atoms with van der Waals surface area (Å²) in [6.45, 7) is 6.04. The zero-order valence-electron chi connectivity index (χ0n) is 18.9. The van der Waals surface area contributed by atoms with Crippen LogP contribution in [-0.2, 0) is 23.7 Å². The van der Waals surface area contributed by atoms with Gasteiger partial charge in [0.25, 0.3) is 0 Å². The molecule has 1 fully saturated rings. The summed E-state index contributed by atoms with van der Waals surface area (Å²) in [4.78, 5) is 7.21. The standard InChI is InChI=1S/C23H31ClN4O3.HI/c1-4-25-22(28(3)14-19-12-18(24)13-27(19)2)26-15-23(7-9-29-10-8-23)17-5-6-20-21(11-17)31-16-30-20;/h5-6,11-13H,4,7-10,14-16H2,1-3H3,(H,25,26);1H. The number of halogens is 2. The van der Waals surface area contributed by atoms with E-state index in [0.717, 1.165) is 67.3 Å². The van der Waals surface area contributed by atoms with Crippen LogP contribution in [0.4, 0.5) is 0 Å². The summed E-state index contributed by atoms with van der Waals surface area (Å²) in [7, 11) is 4.06. The highest BCUT2D eigenvalue weighted by atomic mass is 127. The van der Waals surface area contributed by atoms with Crippen molar-refractivity contribution in [3.63, 3.8) is 0 Å². The van der Waals surface area contributed by atoms with Gasteiger partial charge in [-0.15, -0.1) is 24.0 Å². The summed E-state index contributed by atoms with van der Waals surface area (Å²) < 4.78 is 18.9. The number of fused-ring (bicyclic) bond motifs is 1. The van der Waals surface area contributed by atoms with Crippen LogP contribution in [0, 0.1) is 0 Å². The molecule has 3 heterocycles. The van der Waals surface area contributed by atoms with E-state index in [-0.39, 0.29) is 36.2 Å². The van der Waals surface area contributed by atoms with Gasteiger partial charge in [-0.3, -0.25) is 4.99 Å². The fourth-order valence-electron chi connectivity index (χ4n) is 4.26. The Labute approximate surface area is 212 Å². The van der Waals surface area contributed by atoms with Gasteiger partial charge in [0.15, 0.2) is 17.5 Å². The van der Waals surface area contributed by atoms with E-state index in [1.807, 2.05) is 25.4 Å². The summed E-state index contributed by atoms with van der Waals surface area (Å²) in [5.74, 6) is 2.51.